The second-order valence-corrected chi connectivity index (χ2v) is 9.01. The fraction of sp³-hybridized carbons (Fsp3) is 0.850. The minimum atomic E-state index is 0.0665. The van der Waals surface area contributed by atoms with Gasteiger partial charge in [-0.05, 0) is 50.5 Å². The zero-order valence-electron chi connectivity index (χ0n) is 15.3. The van der Waals surface area contributed by atoms with Gasteiger partial charge in [-0.25, -0.2) is 0 Å². The van der Waals surface area contributed by atoms with E-state index in [9.17, 15) is 4.79 Å². The van der Waals surface area contributed by atoms with E-state index in [2.05, 4.69) is 30.4 Å². The maximum atomic E-state index is 12.6. The number of rotatable bonds is 2. The number of allylic oxidation sites excluding steroid dienone is 1. The molecule has 0 N–H and O–H groups in total. The van der Waals surface area contributed by atoms with Crippen molar-refractivity contribution in [3.8, 4) is 0 Å². The number of carbonyl (C=O) groups is 1. The molecule has 0 aromatic rings. The van der Waals surface area contributed by atoms with Crippen LogP contribution in [0.1, 0.15) is 39.0 Å². The van der Waals surface area contributed by atoms with E-state index in [4.69, 9.17) is 4.74 Å². The highest BCUT2D eigenvalue weighted by Crippen LogP contribution is 2.56. The van der Waals surface area contributed by atoms with Gasteiger partial charge in [-0.15, -0.1) is 0 Å². The molecule has 134 valence electrons. The molecule has 2 saturated heterocycles. The summed E-state index contributed by atoms with van der Waals surface area (Å²) >= 11 is 0. The average molecular weight is 332 g/mol. The van der Waals surface area contributed by atoms with Gasteiger partial charge in [-0.2, -0.15) is 0 Å². The molecule has 2 aliphatic carbocycles. The lowest BCUT2D eigenvalue weighted by Crippen LogP contribution is -2.49. The lowest BCUT2D eigenvalue weighted by Gasteiger charge is -2.50. The Balaban J connectivity index is 1.47. The third-order valence-electron chi connectivity index (χ3n) is 7.37. The van der Waals surface area contributed by atoms with E-state index in [-0.39, 0.29) is 18.0 Å². The van der Waals surface area contributed by atoms with Crippen LogP contribution in [0.25, 0.3) is 0 Å². The maximum absolute atomic E-state index is 12.6. The normalized spacial score (nSPS) is 44.1. The second kappa shape index (κ2) is 6.14. The summed E-state index contributed by atoms with van der Waals surface area (Å²) in [4.78, 5) is 17.4. The average Bonchev–Trinajstić information content (AvgIpc) is 2.82. The van der Waals surface area contributed by atoms with E-state index < -0.39 is 0 Å². The predicted molar refractivity (Wildman–Crippen MR) is 94.6 cm³/mol. The molecular weight excluding hydrogens is 300 g/mol. The molecule has 0 aromatic heterocycles. The molecule has 2 heterocycles. The zero-order chi connectivity index (χ0) is 16.9. The molecule has 4 nitrogen and oxygen atoms in total. The predicted octanol–water partition coefficient (Wildman–Crippen LogP) is 2.55. The van der Waals surface area contributed by atoms with Crippen LogP contribution in [0, 0.1) is 23.2 Å². The first-order valence-electron chi connectivity index (χ1n) is 9.75. The van der Waals surface area contributed by atoms with E-state index in [1.165, 1.54) is 24.8 Å². The van der Waals surface area contributed by atoms with E-state index in [1.54, 1.807) is 0 Å². The molecule has 4 aliphatic rings. The molecule has 1 unspecified atom stereocenters. The minimum Gasteiger partial charge on any atom is -0.462 e. The van der Waals surface area contributed by atoms with E-state index >= 15 is 0 Å². The molecule has 4 rings (SSSR count). The van der Waals surface area contributed by atoms with Gasteiger partial charge in [0.1, 0.15) is 6.10 Å². The minimum absolute atomic E-state index is 0.0665. The molecule has 24 heavy (non-hydrogen) atoms. The number of piperazine rings is 1. The summed E-state index contributed by atoms with van der Waals surface area (Å²) in [5, 5.41) is 0. The van der Waals surface area contributed by atoms with Crippen molar-refractivity contribution in [3.05, 3.63) is 12.2 Å². The van der Waals surface area contributed by atoms with Gasteiger partial charge in [0, 0.05) is 38.6 Å². The van der Waals surface area contributed by atoms with Crippen molar-refractivity contribution in [1.29, 1.82) is 0 Å². The Morgan fingerprint density at radius 1 is 1.29 bits per heavy atom. The van der Waals surface area contributed by atoms with Gasteiger partial charge in [0.15, 0.2) is 0 Å². The van der Waals surface area contributed by atoms with Gasteiger partial charge in [0.05, 0.1) is 5.92 Å². The van der Waals surface area contributed by atoms with Crippen LogP contribution in [0.15, 0.2) is 12.2 Å². The lowest BCUT2D eigenvalue weighted by atomic mass is 9.55. The summed E-state index contributed by atoms with van der Waals surface area (Å²) in [6.07, 6.45) is 6.01. The number of ether oxygens (including phenoxy) is 1. The molecule has 5 atom stereocenters. The Labute approximate surface area is 146 Å². The van der Waals surface area contributed by atoms with Gasteiger partial charge in [0.2, 0.25) is 0 Å². The number of nitrogens with zero attached hydrogens (tertiary/aromatic N) is 2. The summed E-state index contributed by atoms with van der Waals surface area (Å²) in [6.45, 7) is 12.0. The number of carbonyl (C=O) groups excluding carboxylic acids is 1. The standard InChI is InChI=1S/C20H32N2O2/c1-14-5-4-6-20(2)12-18-15(11-17(14)20)16(19(23)24-18)13-22-9-7-21(3)8-10-22/h15-18H,1,4-13H2,2-3H3/t15-,16?,17+,18-,20-/m1/s1. The summed E-state index contributed by atoms with van der Waals surface area (Å²) in [5.41, 5.74) is 1.74. The first-order valence-corrected chi connectivity index (χ1v) is 9.75. The van der Waals surface area contributed by atoms with Crippen LogP contribution >= 0.6 is 0 Å². The molecule has 0 radical (unpaired) electrons. The van der Waals surface area contributed by atoms with Crippen molar-refractivity contribution >= 4 is 5.97 Å². The Bertz CT molecular complexity index is 526. The van der Waals surface area contributed by atoms with Crippen molar-refractivity contribution in [2.45, 2.75) is 45.1 Å². The summed E-state index contributed by atoms with van der Waals surface area (Å²) < 4.78 is 5.88. The van der Waals surface area contributed by atoms with Crippen LogP contribution < -0.4 is 0 Å². The van der Waals surface area contributed by atoms with Gasteiger partial charge >= 0.3 is 5.97 Å². The second-order valence-electron chi connectivity index (χ2n) is 9.01. The third kappa shape index (κ3) is 2.82. The third-order valence-corrected chi connectivity index (χ3v) is 7.37. The first kappa shape index (κ1) is 16.6. The number of hydrogen-bond acceptors (Lipinski definition) is 4. The number of hydrogen-bond donors (Lipinski definition) is 0. The van der Waals surface area contributed by atoms with Crippen molar-refractivity contribution in [2.75, 3.05) is 39.8 Å². The van der Waals surface area contributed by atoms with Crippen molar-refractivity contribution in [3.63, 3.8) is 0 Å². The fourth-order valence-electron chi connectivity index (χ4n) is 5.77. The molecule has 2 saturated carbocycles. The van der Waals surface area contributed by atoms with Gasteiger partial charge in [0.25, 0.3) is 0 Å². The smallest absolute Gasteiger partial charge is 0.310 e. The summed E-state index contributed by atoms with van der Waals surface area (Å²) in [7, 11) is 2.17. The topological polar surface area (TPSA) is 32.8 Å². The highest BCUT2D eigenvalue weighted by molar-refractivity contribution is 5.75. The van der Waals surface area contributed by atoms with Crippen LogP contribution in [0.3, 0.4) is 0 Å². The summed E-state index contributed by atoms with van der Waals surface area (Å²) in [5.74, 6) is 1.15. The molecule has 0 spiro atoms. The fourth-order valence-corrected chi connectivity index (χ4v) is 5.77. The van der Waals surface area contributed by atoms with E-state index in [1.807, 2.05) is 0 Å². The van der Waals surface area contributed by atoms with Crippen LogP contribution in [0.2, 0.25) is 0 Å². The quantitative estimate of drug-likeness (QED) is 0.575. The van der Waals surface area contributed by atoms with E-state index in [0.29, 0.717) is 17.3 Å². The maximum Gasteiger partial charge on any atom is 0.310 e. The van der Waals surface area contributed by atoms with Gasteiger partial charge < -0.3 is 9.64 Å². The molecule has 4 fully saturated rings. The Hall–Kier alpha value is -0.870. The lowest BCUT2D eigenvalue weighted by molar-refractivity contribution is -0.146. The molecule has 0 aromatic carbocycles. The number of esters is 1. The van der Waals surface area contributed by atoms with Gasteiger partial charge in [-0.1, -0.05) is 19.1 Å². The number of likely N-dealkylation sites (N-methyl/N-ethyl adjacent to an activating group) is 1. The monoisotopic (exact) mass is 332 g/mol. The zero-order valence-corrected chi connectivity index (χ0v) is 15.3. The Morgan fingerprint density at radius 3 is 2.79 bits per heavy atom. The Kier molecular flexibility index (Phi) is 4.24. The van der Waals surface area contributed by atoms with E-state index in [0.717, 1.165) is 45.6 Å². The first-order chi connectivity index (χ1) is 11.5. The van der Waals surface area contributed by atoms with Crippen LogP contribution in [0.4, 0.5) is 0 Å². The highest BCUT2D eigenvalue weighted by Gasteiger charge is 2.55. The largest absolute Gasteiger partial charge is 0.462 e. The van der Waals surface area contributed by atoms with Crippen molar-refractivity contribution in [2.24, 2.45) is 23.2 Å². The van der Waals surface area contributed by atoms with Crippen molar-refractivity contribution in [1.82, 2.24) is 9.80 Å². The summed E-state index contributed by atoms with van der Waals surface area (Å²) in [6, 6.07) is 0. The molecular formula is C20H32N2O2. The van der Waals surface area contributed by atoms with Crippen LogP contribution in [-0.4, -0.2) is 61.6 Å². The molecule has 2 aliphatic heterocycles. The van der Waals surface area contributed by atoms with Crippen LogP contribution in [0.5, 0.6) is 0 Å². The number of fused-ring (bicyclic) bond motifs is 2. The highest BCUT2D eigenvalue weighted by atomic mass is 16.6. The molecule has 4 heteroatoms. The van der Waals surface area contributed by atoms with Crippen molar-refractivity contribution < 1.29 is 9.53 Å². The van der Waals surface area contributed by atoms with Gasteiger partial charge in [-0.3, -0.25) is 9.69 Å². The SMILES string of the molecule is C=C1CCC[C@]2(C)C[C@H]3OC(=O)C(CN4CCN(C)CC4)[C@H]3C[C@@H]12. The Morgan fingerprint density at radius 2 is 2.04 bits per heavy atom. The van der Waals surface area contributed by atoms with Crippen LogP contribution in [-0.2, 0) is 9.53 Å². The molecule has 0 amide bonds. The molecule has 0 bridgehead atoms.